The number of nitrogens with zero attached hydrogens (tertiary/aromatic N) is 1. The molecule has 0 amide bonds. The highest BCUT2D eigenvalue weighted by atomic mass is 35.5. The zero-order chi connectivity index (χ0) is 10.0. The van der Waals surface area contributed by atoms with Crippen LogP contribution in [-0.4, -0.2) is 5.11 Å². The molecule has 1 rings (SSSR count). The normalized spacial score (nSPS) is 12.2. The first kappa shape index (κ1) is 9.85. The third-order valence-electron chi connectivity index (χ3n) is 1.77. The molecule has 0 aliphatic rings. The fourth-order valence-corrected chi connectivity index (χ4v) is 1.35. The van der Waals surface area contributed by atoms with E-state index in [1.165, 1.54) is 6.07 Å². The molecule has 3 N–H and O–H groups in total. The molecule has 0 aliphatic heterocycles. The molecule has 0 spiro atoms. The molecule has 68 valence electrons. The topological polar surface area (TPSA) is 70.0 Å². The van der Waals surface area contributed by atoms with Crippen molar-refractivity contribution in [2.24, 2.45) is 5.73 Å². The maximum atomic E-state index is 9.53. The average Bonchev–Trinajstić information content (AvgIpc) is 2.10. The third-order valence-corrected chi connectivity index (χ3v) is 1.99. The molecule has 0 radical (unpaired) electrons. The monoisotopic (exact) mass is 196 g/mol. The van der Waals surface area contributed by atoms with E-state index in [1.807, 2.05) is 6.07 Å². The van der Waals surface area contributed by atoms with Crippen LogP contribution in [0.5, 0.6) is 5.75 Å². The standard InChI is InChI=1S/C9H9ClN2O/c1-5-2-6(10)3-7(9(5)13)8(12)4-11/h2-3,8,13H,12H2,1H3. The fourth-order valence-electron chi connectivity index (χ4n) is 1.07. The Morgan fingerprint density at radius 2 is 2.23 bits per heavy atom. The van der Waals surface area contributed by atoms with Crippen LogP contribution in [-0.2, 0) is 0 Å². The van der Waals surface area contributed by atoms with Gasteiger partial charge >= 0.3 is 0 Å². The number of nitriles is 1. The van der Waals surface area contributed by atoms with E-state index in [1.54, 1.807) is 13.0 Å². The number of rotatable bonds is 1. The van der Waals surface area contributed by atoms with E-state index < -0.39 is 6.04 Å². The molecule has 1 atom stereocenters. The van der Waals surface area contributed by atoms with E-state index in [9.17, 15) is 5.11 Å². The smallest absolute Gasteiger partial charge is 0.124 e. The molecule has 3 nitrogen and oxygen atoms in total. The lowest BCUT2D eigenvalue weighted by atomic mass is 10.0. The van der Waals surface area contributed by atoms with Gasteiger partial charge in [0.1, 0.15) is 11.8 Å². The van der Waals surface area contributed by atoms with Gasteiger partial charge in [0.2, 0.25) is 0 Å². The summed E-state index contributed by atoms with van der Waals surface area (Å²) in [5.41, 5.74) is 6.44. The van der Waals surface area contributed by atoms with Crippen molar-refractivity contribution in [1.29, 1.82) is 5.26 Å². The van der Waals surface area contributed by atoms with Gasteiger partial charge < -0.3 is 10.8 Å². The van der Waals surface area contributed by atoms with Crippen molar-refractivity contribution in [2.45, 2.75) is 13.0 Å². The van der Waals surface area contributed by atoms with Gasteiger partial charge in [-0.1, -0.05) is 11.6 Å². The Morgan fingerprint density at radius 3 is 2.77 bits per heavy atom. The van der Waals surface area contributed by atoms with Crippen LogP contribution in [0.15, 0.2) is 12.1 Å². The Bertz CT molecular complexity index is 371. The number of nitrogens with two attached hydrogens (primary N) is 1. The summed E-state index contributed by atoms with van der Waals surface area (Å²) in [6, 6.07) is 4.11. The summed E-state index contributed by atoms with van der Waals surface area (Å²) in [6.45, 7) is 1.70. The molecule has 4 heteroatoms. The van der Waals surface area contributed by atoms with Crippen LogP contribution in [0.3, 0.4) is 0 Å². The molecule has 0 saturated carbocycles. The van der Waals surface area contributed by atoms with Gasteiger partial charge in [0.25, 0.3) is 0 Å². The van der Waals surface area contributed by atoms with Crippen LogP contribution >= 0.6 is 11.6 Å². The molecule has 0 aromatic heterocycles. The predicted molar refractivity (Wildman–Crippen MR) is 50.4 cm³/mol. The lowest BCUT2D eigenvalue weighted by Gasteiger charge is -2.09. The second kappa shape index (κ2) is 3.65. The largest absolute Gasteiger partial charge is 0.507 e. The van der Waals surface area contributed by atoms with Crippen molar-refractivity contribution in [3.05, 3.63) is 28.3 Å². The molecule has 0 saturated heterocycles. The molecule has 0 aliphatic carbocycles. The van der Waals surface area contributed by atoms with E-state index in [0.29, 0.717) is 16.1 Å². The van der Waals surface area contributed by atoms with E-state index >= 15 is 0 Å². The Labute approximate surface area is 81.4 Å². The van der Waals surface area contributed by atoms with Crippen molar-refractivity contribution in [3.63, 3.8) is 0 Å². The van der Waals surface area contributed by atoms with Gasteiger partial charge in [-0.25, -0.2) is 0 Å². The highest BCUT2D eigenvalue weighted by molar-refractivity contribution is 6.30. The first-order valence-electron chi connectivity index (χ1n) is 3.70. The molecule has 0 fully saturated rings. The summed E-state index contributed by atoms with van der Waals surface area (Å²) in [5, 5.41) is 18.6. The number of phenolic OH excluding ortho intramolecular Hbond substituents is 1. The fraction of sp³-hybridized carbons (Fsp3) is 0.222. The van der Waals surface area contributed by atoms with Crippen LogP contribution in [0.4, 0.5) is 0 Å². The highest BCUT2D eigenvalue weighted by Gasteiger charge is 2.12. The highest BCUT2D eigenvalue weighted by Crippen LogP contribution is 2.29. The van der Waals surface area contributed by atoms with Gasteiger partial charge in [-0.15, -0.1) is 0 Å². The van der Waals surface area contributed by atoms with Crippen LogP contribution in [0, 0.1) is 18.3 Å². The Kier molecular flexibility index (Phi) is 2.76. The SMILES string of the molecule is Cc1cc(Cl)cc(C(N)C#N)c1O. The van der Waals surface area contributed by atoms with Crippen molar-refractivity contribution in [2.75, 3.05) is 0 Å². The zero-order valence-electron chi connectivity index (χ0n) is 7.08. The summed E-state index contributed by atoms with van der Waals surface area (Å²) in [4.78, 5) is 0. The van der Waals surface area contributed by atoms with E-state index in [0.717, 1.165) is 0 Å². The van der Waals surface area contributed by atoms with Crippen molar-refractivity contribution >= 4 is 11.6 Å². The predicted octanol–water partition coefficient (Wildman–Crippen LogP) is 1.88. The quantitative estimate of drug-likeness (QED) is 0.721. The van der Waals surface area contributed by atoms with Crippen LogP contribution < -0.4 is 5.73 Å². The van der Waals surface area contributed by atoms with Crippen LogP contribution in [0.25, 0.3) is 0 Å². The number of benzene rings is 1. The van der Waals surface area contributed by atoms with Gasteiger partial charge in [-0.2, -0.15) is 5.26 Å². The lowest BCUT2D eigenvalue weighted by molar-refractivity contribution is 0.462. The van der Waals surface area contributed by atoms with E-state index in [4.69, 9.17) is 22.6 Å². The number of hydrogen-bond donors (Lipinski definition) is 2. The zero-order valence-corrected chi connectivity index (χ0v) is 7.84. The second-order valence-corrected chi connectivity index (χ2v) is 3.20. The van der Waals surface area contributed by atoms with E-state index in [2.05, 4.69) is 0 Å². The molecule has 13 heavy (non-hydrogen) atoms. The van der Waals surface area contributed by atoms with Gasteiger partial charge in [0.05, 0.1) is 6.07 Å². The second-order valence-electron chi connectivity index (χ2n) is 2.77. The lowest BCUT2D eigenvalue weighted by Crippen LogP contribution is -2.07. The van der Waals surface area contributed by atoms with Gasteiger partial charge in [0, 0.05) is 10.6 Å². The Balaban J connectivity index is 3.30. The van der Waals surface area contributed by atoms with E-state index in [-0.39, 0.29) is 5.75 Å². The molecule has 0 bridgehead atoms. The Morgan fingerprint density at radius 1 is 1.62 bits per heavy atom. The van der Waals surface area contributed by atoms with Crippen molar-refractivity contribution in [3.8, 4) is 11.8 Å². The summed E-state index contributed by atoms with van der Waals surface area (Å²) < 4.78 is 0. The van der Waals surface area contributed by atoms with Gasteiger partial charge in [0.15, 0.2) is 0 Å². The summed E-state index contributed by atoms with van der Waals surface area (Å²) >= 11 is 5.75. The minimum absolute atomic E-state index is 0.0402. The van der Waals surface area contributed by atoms with Crippen molar-refractivity contribution < 1.29 is 5.11 Å². The summed E-state index contributed by atoms with van der Waals surface area (Å²) in [5.74, 6) is 0.0402. The Hall–Kier alpha value is -1.24. The number of phenols is 1. The summed E-state index contributed by atoms with van der Waals surface area (Å²) in [7, 11) is 0. The van der Waals surface area contributed by atoms with Crippen LogP contribution in [0.2, 0.25) is 5.02 Å². The molecule has 1 unspecified atom stereocenters. The molecular weight excluding hydrogens is 188 g/mol. The summed E-state index contributed by atoms with van der Waals surface area (Å²) in [6.07, 6.45) is 0. The number of aromatic hydroxyl groups is 1. The van der Waals surface area contributed by atoms with Crippen molar-refractivity contribution in [1.82, 2.24) is 0 Å². The minimum Gasteiger partial charge on any atom is -0.507 e. The third kappa shape index (κ3) is 1.92. The number of hydrogen-bond acceptors (Lipinski definition) is 3. The maximum Gasteiger partial charge on any atom is 0.124 e. The first-order valence-corrected chi connectivity index (χ1v) is 4.08. The molecule has 1 aromatic rings. The molecule has 1 aromatic carbocycles. The van der Waals surface area contributed by atoms with Gasteiger partial charge in [-0.05, 0) is 24.6 Å². The number of aryl methyl sites for hydroxylation is 1. The maximum absolute atomic E-state index is 9.53. The average molecular weight is 197 g/mol. The van der Waals surface area contributed by atoms with Crippen LogP contribution in [0.1, 0.15) is 17.2 Å². The molecule has 0 heterocycles. The minimum atomic E-state index is -0.836. The number of halogens is 1. The first-order chi connectivity index (χ1) is 6.06. The van der Waals surface area contributed by atoms with Gasteiger partial charge in [-0.3, -0.25) is 0 Å². The molecular formula is C9H9ClN2O.